The van der Waals surface area contributed by atoms with Gasteiger partial charge in [-0.05, 0) is 35.2 Å². The summed E-state index contributed by atoms with van der Waals surface area (Å²) in [5, 5.41) is 11.4. The second-order valence-corrected chi connectivity index (χ2v) is 6.74. The highest BCUT2D eigenvalue weighted by atomic mass is 32.1. The Labute approximate surface area is 144 Å². The van der Waals surface area contributed by atoms with Gasteiger partial charge in [0.1, 0.15) is 5.82 Å². The topological polar surface area (TPSA) is 61.9 Å². The molecule has 0 radical (unpaired) electrons. The van der Waals surface area contributed by atoms with Crippen LogP contribution in [-0.4, -0.2) is 32.5 Å². The van der Waals surface area contributed by atoms with Gasteiger partial charge >= 0.3 is 0 Å². The number of amides is 1. The minimum atomic E-state index is 0.00102. The highest BCUT2D eigenvalue weighted by Gasteiger charge is 2.32. The third-order valence-electron chi connectivity index (χ3n) is 4.36. The summed E-state index contributed by atoms with van der Waals surface area (Å²) in [6.07, 6.45) is 2.39. The summed E-state index contributed by atoms with van der Waals surface area (Å²) >= 11 is 1.62. The molecule has 3 heterocycles. The maximum Gasteiger partial charge on any atom is 0.227 e. The normalized spacial score (nSPS) is 17.3. The second-order valence-electron chi connectivity index (χ2n) is 5.96. The molecule has 0 unspecified atom stereocenters. The van der Waals surface area contributed by atoms with Crippen LogP contribution in [0.25, 0.3) is 11.4 Å². The molecule has 1 fully saturated rings. The molecule has 0 aliphatic carbocycles. The minimum absolute atomic E-state index is 0.00102. The summed E-state index contributed by atoms with van der Waals surface area (Å²) in [5.74, 6) is 1.63. The lowest BCUT2D eigenvalue weighted by Gasteiger charge is -2.22. The summed E-state index contributed by atoms with van der Waals surface area (Å²) in [7, 11) is 0. The van der Waals surface area contributed by atoms with E-state index in [1.165, 1.54) is 0 Å². The predicted octanol–water partition coefficient (Wildman–Crippen LogP) is 3.44. The van der Waals surface area contributed by atoms with E-state index in [0.717, 1.165) is 36.3 Å². The average molecular weight is 338 g/mol. The number of likely N-dealkylation sites (tertiary alicyclic amines) is 1. The molecule has 4 rings (SSSR count). The van der Waals surface area contributed by atoms with Crippen molar-refractivity contribution in [3.8, 4) is 11.4 Å². The number of H-pyrrole nitrogens is 1. The van der Waals surface area contributed by atoms with Gasteiger partial charge in [-0.1, -0.05) is 30.3 Å². The van der Waals surface area contributed by atoms with Crippen molar-refractivity contribution in [1.82, 2.24) is 20.1 Å². The number of hydrogen-bond acceptors (Lipinski definition) is 4. The van der Waals surface area contributed by atoms with E-state index in [4.69, 9.17) is 0 Å². The Morgan fingerprint density at radius 3 is 2.96 bits per heavy atom. The van der Waals surface area contributed by atoms with Crippen molar-refractivity contribution < 1.29 is 4.79 Å². The van der Waals surface area contributed by atoms with Gasteiger partial charge in [0, 0.05) is 12.1 Å². The fraction of sp³-hybridized carbons (Fsp3) is 0.278. The van der Waals surface area contributed by atoms with Crippen LogP contribution in [-0.2, 0) is 11.2 Å². The second kappa shape index (κ2) is 6.57. The summed E-state index contributed by atoms with van der Waals surface area (Å²) in [5.41, 5.74) is 2.06. The van der Waals surface area contributed by atoms with Crippen LogP contribution in [0.2, 0.25) is 0 Å². The molecule has 2 aromatic heterocycles. The monoisotopic (exact) mass is 338 g/mol. The quantitative estimate of drug-likeness (QED) is 0.793. The Morgan fingerprint density at radius 1 is 1.29 bits per heavy atom. The summed E-state index contributed by atoms with van der Waals surface area (Å²) in [6, 6.07) is 11.9. The molecule has 3 aromatic rings. The Bertz CT molecular complexity index is 813. The van der Waals surface area contributed by atoms with Gasteiger partial charge in [-0.2, -0.15) is 16.4 Å². The van der Waals surface area contributed by atoms with Crippen LogP contribution in [0.3, 0.4) is 0 Å². The third-order valence-corrected chi connectivity index (χ3v) is 5.09. The molecule has 122 valence electrons. The summed E-state index contributed by atoms with van der Waals surface area (Å²) in [6.45, 7) is 0.787. The van der Waals surface area contributed by atoms with Crippen LogP contribution >= 0.6 is 11.3 Å². The molecule has 0 spiro atoms. The first-order chi connectivity index (χ1) is 11.8. The van der Waals surface area contributed by atoms with E-state index in [-0.39, 0.29) is 11.9 Å². The zero-order valence-corrected chi connectivity index (χ0v) is 14.0. The smallest absolute Gasteiger partial charge is 0.227 e. The molecule has 0 bridgehead atoms. The van der Waals surface area contributed by atoms with Crippen molar-refractivity contribution in [2.24, 2.45) is 0 Å². The zero-order valence-electron chi connectivity index (χ0n) is 13.2. The number of nitrogens with zero attached hydrogens (tertiary/aromatic N) is 3. The minimum Gasteiger partial charge on any atom is -0.332 e. The van der Waals surface area contributed by atoms with E-state index in [1.807, 2.05) is 52.1 Å². The fourth-order valence-electron chi connectivity index (χ4n) is 3.16. The van der Waals surface area contributed by atoms with Gasteiger partial charge in [0.05, 0.1) is 12.5 Å². The van der Waals surface area contributed by atoms with Crippen molar-refractivity contribution in [3.05, 3.63) is 58.5 Å². The van der Waals surface area contributed by atoms with Gasteiger partial charge in [-0.3, -0.25) is 9.89 Å². The van der Waals surface area contributed by atoms with Crippen LogP contribution in [0.5, 0.6) is 0 Å². The number of hydrogen-bond donors (Lipinski definition) is 1. The number of aromatic amines is 1. The molecule has 1 amide bonds. The molecule has 1 aromatic carbocycles. The Kier molecular flexibility index (Phi) is 4.13. The van der Waals surface area contributed by atoms with Crippen molar-refractivity contribution in [2.75, 3.05) is 6.54 Å². The molecule has 6 heteroatoms. The molecule has 1 aliphatic heterocycles. The van der Waals surface area contributed by atoms with Crippen molar-refractivity contribution in [2.45, 2.75) is 25.3 Å². The molecule has 24 heavy (non-hydrogen) atoms. The summed E-state index contributed by atoms with van der Waals surface area (Å²) < 4.78 is 0. The first kappa shape index (κ1) is 15.1. The Hall–Kier alpha value is -2.47. The lowest BCUT2D eigenvalue weighted by atomic mass is 10.1. The molecule has 1 aliphatic rings. The van der Waals surface area contributed by atoms with Crippen LogP contribution in [0.1, 0.15) is 30.3 Å². The van der Waals surface area contributed by atoms with Crippen molar-refractivity contribution >= 4 is 17.2 Å². The van der Waals surface area contributed by atoms with Crippen LogP contribution in [0, 0.1) is 0 Å². The molecular formula is C18H18N4OS. The first-order valence-corrected chi connectivity index (χ1v) is 9.04. The maximum absolute atomic E-state index is 12.6. The van der Waals surface area contributed by atoms with E-state index in [2.05, 4.69) is 15.2 Å². The molecule has 1 atom stereocenters. The number of nitrogens with one attached hydrogen (secondary N) is 1. The van der Waals surface area contributed by atoms with Gasteiger partial charge in [0.2, 0.25) is 5.91 Å². The molecule has 1 saturated heterocycles. The van der Waals surface area contributed by atoms with Gasteiger partial charge < -0.3 is 4.90 Å². The standard InChI is InChI=1S/C18H18N4OS/c23-16(11-13-8-10-24-12-13)22-9-4-7-15(22)18-19-17(20-21-18)14-5-2-1-3-6-14/h1-3,5-6,8,10,12,15H,4,7,9,11H2,(H,19,20,21)/t15-/m0/s1. The van der Waals surface area contributed by atoms with Crippen molar-refractivity contribution in [3.63, 3.8) is 0 Å². The van der Waals surface area contributed by atoms with E-state index in [0.29, 0.717) is 12.2 Å². The van der Waals surface area contributed by atoms with Crippen molar-refractivity contribution in [1.29, 1.82) is 0 Å². The highest BCUT2D eigenvalue weighted by Crippen LogP contribution is 2.31. The average Bonchev–Trinajstić information content (AvgIpc) is 3.36. The van der Waals surface area contributed by atoms with Crippen LogP contribution in [0.4, 0.5) is 0 Å². The number of aromatic nitrogens is 3. The maximum atomic E-state index is 12.6. The lowest BCUT2D eigenvalue weighted by molar-refractivity contribution is -0.131. The Balaban J connectivity index is 1.53. The zero-order chi connectivity index (χ0) is 16.4. The molecule has 5 nitrogen and oxygen atoms in total. The summed E-state index contributed by atoms with van der Waals surface area (Å²) in [4.78, 5) is 19.2. The number of thiophene rings is 1. The Morgan fingerprint density at radius 2 is 2.17 bits per heavy atom. The molecule has 1 N–H and O–H groups in total. The van der Waals surface area contributed by atoms with E-state index >= 15 is 0 Å². The van der Waals surface area contributed by atoms with E-state index in [9.17, 15) is 4.79 Å². The molecule has 0 saturated carbocycles. The van der Waals surface area contributed by atoms with Gasteiger partial charge in [-0.15, -0.1) is 0 Å². The number of carbonyl (C=O) groups excluding carboxylic acids is 1. The van der Waals surface area contributed by atoms with Crippen LogP contribution in [0.15, 0.2) is 47.2 Å². The number of rotatable bonds is 4. The third kappa shape index (κ3) is 2.97. The fourth-order valence-corrected chi connectivity index (χ4v) is 3.83. The highest BCUT2D eigenvalue weighted by molar-refractivity contribution is 7.08. The SMILES string of the molecule is O=C(Cc1ccsc1)N1CCC[C@H]1c1nc(-c2ccccc2)n[nH]1. The largest absolute Gasteiger partial charge is 0.332 e. The molecular weight excluding hydrogens is 320 g/mol. The van der Waals surface area contributed by atoms with Crippen LogP contribution < -0.4 is 0 Å². The number of carbonyl (C=O) groups is 1. The number of benzene rings is 1. The lowest BCUT2D eigenvalue weighted by Crippen LogP contribution is -2.32. The predicted molar refractivity (Wildman–Crippen MR) is 93.5 cm³/mol. The van der Waals surface area contributed by atoms with E-state index in [1.54, 1.807) is 11.3 Å². The van der Waals surface area contributed by atoms with E-state index < -0.39 is 0 Å². The van der Waals surface area contributed by atoms with Gasteiger partial charge in [-0.25, -0.2) is 4.98 Å². The van der Waals surface area contributed by atoms with Gasteiger partial charge in [0.25, 0.3) is 0 Å². The first-order valence-electron chi connectivity index (χ1n) is 8.09. The van der Waals surface area contributed by atoms with Gasteiger partial charge in [0.15, 0.2) is 5.82 Å².